The molecule has 0 bridgehead atoms. The number of halogens is 3. The molecule has 1 aromatic rings. The van der Waals surface area contributed by atoms with E-state index >= 15 is 0 Å². The highest BCUT2D eigenvalue weighted by atomic mass is 79.9. The Hall–Kier alpha value is -0.640. The summed E-state index contributed by atoms with van der Waals surface area (Å²) in [6.45, 7) is 1.39. The van der Waals surface area contributed by atoms with E-state index in [0.29, 0.717) is 11.7 Å². The Morgan fingerprint density at radius 1 is 1.31 bits per heavy atom. The molecule has 0 radical (unpaired) electrons. The Kier molecular flexibility index (Phi) is 3.19. The second-order valence-corrected chi connectivity index (χ2v) is 5.17. The molecule has 3 unspecified atom stereocenters. The molecule has 0 aromatic heterocycles. The third-order valence-corrected chi connectivity index (χ3v) is 4.65. The molecule has 1 aliphatic rings. The summed E-state index contributed by atoms with van der Waals surface area (Å²) in [7, 11) is 0. The number of rotatable bonds is 2. The van der Waals surface area contributed by atoms with Gasteiger partial charge in [0, 0.05) is 10.4 Å². The minimum Gasteiger partial charge on any atom is -0.435 e. The van der Waals surface area contributed by atoms with Gasteiger partial charge in [0.05, 0.1) is 0 Å². The maximum absolute atomic E-state index is 12.3. The topological polar surface area (TPSA) is 9.23 Å². The average Bonchev–Trinajstić information content (AvgIpc) is 2.44. The fraction of sp³-hybridized carbons (Fsp3) is 0.500. The zero-order valence-corrected chi connectivity index (χ0v) is 10.7. The Labute approximate surface area is 102 Å². The highest BCUT2D eigenvalue weighted by Crippen LogP contribution is 2.52. The number of fused-ring (bicyclic) bond motifs is 1. The van der Waals surface area contributed by atoms with Crippen LogP contribution in [0.2, 0.25) is 0 Å². The molecule has 0 saturated heterocycles. The second-order valence-electron chi connectivity index (χ2n) is 4.19. The molecule has 0 saturated carbocycles. The maximum atomic E-state index is 12.3. The van der Waals surface area contributed by atoms with Gasteiger partial charge in [0.2, 0.25) is 0 Å². The Morgan fingerprint density at radius 2 is 2.00 bits per heavy atom. The molecule has 4 heteroatoms. The molecule has 1 aliphatic carbocycles. The lowest BCUT2D eigenvalue weighted by molar-refractivity contribution is -0.0505. The molecule has 0 N–H and O–H groups in total. The minimum absolute atomic E-state index is 0.221. The van der Waals surface area contributed by atoms with Gasteiger partial charge >= 0.3 is 6.61 Å². The summed E-state index contributed by atoms with van der Waals surface area (Å²) < 4.78 is 29.1. The van der Waals surface area contributed by atoms with Crippen molar-refractivity contribution in [2.45, 2.75) is 31.2 Å². The lowest BCUT2D eigenvalue weighted by Gasteiger charge is -2.14. The third kappa shape index (κ3) is 1.83. The van der Waals surface area contributed by atoms with Crippen molar-refractivity contribution in [3.8, 4) is 5.75 Å². The molecule has 0 heterocycles. The first-order valence-corrected chi connectivity index (χ1v) is 6.15. The molecule has 16 heavy (non-hydrogen) atoms. The molecule has 1 nitrogen and oxygen atoms in total. The minimum atomic E-state index is -2.76. The number of alkyl halides is 3. The van der Waals surface area contributed by atoms with E-state index in [1.54, 1.807) is 12.1 Å². The van der Waals surface area contributed by atoms with Gasteiger partial charge in [0.1, 0.15) is 5.75 Å². The van der Waals surface area contributed by atoms with E-state index in [-0.39, 0.29) is 10.7 Å². The monoisotopic (exact) mass is 290 g/mol. The Balaban J connectivity index is 2.45. The van der Waals surface area contributed by atoms with Crippen molar-refractivity contribution in [2.75, 3.05) is 0 Å². The summed E-state index contributed by atoms with van der Waals surface area (Å²) in [5, 5.41) is 0. The van der Waals surface area contributed by atoms with Gasteiger partial charge in [-0.15, -0.1) is 0 Å². The third-order valence-electron chi connectivity index (χ3n) is 3.32. The van der Waals surface area contributed by atoms with Crippen LogP contribution in [-0.2, 0) is 0 Å². The van der Waals surface area contributed by atoms with Crippen molar-refractivity contribution >= 4 is 15.9 Å². The molecule has 0 aliphatic heterocycles. The summed E-state index contributed by atoms with van der Waals surface area (Å²) in [6, 6.07) is 5.34. The normalized spacial score (nSPS) is 28.2. The number of ether oxygens (including phenoxy) is 1. The van der Waals surface area contributed by atoms with E-state index in [9.17, 15) is 8.78 Å². The molecule has 3 atom stereocenters. The molecule has 88 valence electrons. The zero-order chi connectivity index (χ0) is 11.9. The van der Waals surface area contributed by atoms with E-state index in [4.69, 9.17) is 0 Å². The van der Waals surface area contributed by atoms with Gasteiger partial charge in [0.25, 0.3) is 0 Å². The number of hydrogen-bond acceptors (Lipinski definition) is 1. The first kappa shape index (κ1) is 11.8. The van der Waals surface area contributed by atoms with Gasteiger partial charge in [-0.05, 0) is 23.5 Å². The summed E-state index contributed by atoms with van der Waals surface area (Å²) in [5.41, 5.74) is 1.98. The van der Waals surface area contributed by atoms with Crippen molar-refractivity contribution in [1.29, 1.82) is 0 Å². The summed E-state index contributed by atoms with van der Waals surface area (Å²) >= 11 is 3.60. The SMILES string of the molecule is CC1c2c(OC(F)F)cccc2C(Br)C1C. The van der Waals surface area contributed by atoms with Crippen LogP contribution in [-0.4, -0.2) is 6.61 Å². The van der Waals surface area contributed by atoms with E-state index in [1.807, 2.05) is 13.0 Å². The molecule has 1 aromatic carbocycles. The second kappa shape index (κ2) is 4.32. The first-order valence-electron chi connectivity index (χ1n) is 5.24. The fourth-order valence-electron chi connectivity index (χ4n) is 2.29. The van der Waals surface area contributed by atoms with Crippen LogP contribution in [0.5, 0.6) is 5.75 Å². The van der Waals surface area contributed by atoms with Gasteiger partial charge in [-0.25, -0.2) is 0 Å². The maximum Gasteiger partial charge on any atom is 0.387 e. The highest BCUT2D eigenvalue weighted by Gasteiger charge is 2.36. The lowest BCUT2D eigenvalue weighted by atomic mass is 9.96. The van der Waals surface area contributed by atoms with Gasteiger partial charge in [0.15, 0.2) is 0 Å². The molecule has 2 rings (SSSR count). The average molecular weight is 291 g/mol. The molecule has 0 amide bonds. The predicted molar refractivity (Wildman–Crippen MR) is 62.3 cm³/mol. The predicted octanol–water partition coefficient (Wildman–Crippen LogP) is 4.48. The molecule has 0 fully saturated rings. The first-order chi connectivity index (χ1) is 7.52. The van der Waals surface area contributed by atoms with Crippen LogP contribution in [0, 0.1) is 5.92 Å². The fourth-order valence-corrected chi connectivity index (χ4v) is 3.14. The van der Waals surface area contributed by atoms with Crippen molar-refractivity contribution in [1.82, 2.24) is 0 Å². The number of hydrogen-bond donors (Lipinski definition) is 0. The largest absolute Gasteiger partial charge is 0.435 e. The smallest absolute Gasteiger partial charge is 0.387 e. The van der Waals surface area contributed by atoms with Crippen molar-refractivity contribution in [3.63, 3.8) is 0 Å². The van der Waals surface area contributed by atoms with Crippen LogP contribution >= 0.6 is 15.9 Å². The standard InChI is InChI=1S/C12H13BrF2O/c1-6-7(2)11(13)8-4-3-5-9(10(6)8)16-12(14)15/h3-7,11-12H,1-2H3. The van der Waals surface area contributed by atoms with Crippen LogP contribution in [0.25, 0.3) is 0 Å². The van der Waals surface area contributed by atoms with Crippen LogP contribution in [0.15, 0.2) is 18.2 Å². The van der Waals surface area contributed by atoms with Crippen molar-refractivity contribution < 1.29 is 13.5 Å². The molecular weight excluding hydrogens is 278 g/mol. The molecule has 0 spiro atoms. The molecular formula is C12H13BrF2O. The zero-order valence-electron chi connectivity index (χ0n) is 9.08. The quantitative estimate of drug-likeness (QED) is 0.730. The summed E-state index contributed by atoms with van der Waals surface area (Å²) in [4.78, 5) is 0.221. The summed E-state index contributed by atoms with van der Waals surface area (Å²) in [5.74, 6) is 0.931. The number of benzene rings is 1. The van der Waals surface area contributed by atoms with Crippen LogP contribution in [0.4, 0.5) is 8.78 Å². The Morgan fingerprint density at radius 3 is 2.62 bits per heavy atom. The van der Waals surface area contributed by atoms with Gasteiger partial charge in [-0.2, -0.15) is 8.78 Å². The highest BCUT2D eigenvalue weighted by molar-refractivity contribution is 9.09. The Bertz CT molecular complexity index is 395. The van der Waals surface area contributed by atoms with E-state index < -0.39 is 6.61 Å². The van der Waals surface area contributed by atoms with E-state index in [1.165, 1.54) is 0 Å². The van der Waals surface area contributed by atoms with Gasteiger partial charge < -0.3 is 4.74 Å². The summed E-state index contributed by atoms with van der Waals surface area (Å²) in [6.07, 6.45) is 0. The van der Waals surface area contributed by atoms with Gasteiger partial charge in [-0.3, -0.25) is 0 Å². The van der Waals surface area contributed by atoms with Crippen molar-refractivity contribution in [2.24, 2.45) is 5.92 Å². The van der Waals surface area contributed by atoms with Crippen molar-refractivity contribution in [3.05, 3.63) is 29.3 Å². The van der Waals surface area contributed by atoms with Crippen LogP contribution < -0.4 is 4.74 Å². The van der Waals surface area contributed by atoms with Crippen LogP contribution in [0.1, 0.15) is 35.7 Å². The lowest BCUT2D eigenvalue weighted by Crippen LogP contribution is -2.06. The van der Waals surface area contributed by atoms with Gasteiger partial charge in [-0.1, -0.05) is 41.9 Å². The van der Waals surface area contributed by atoms with E-state index in [2.05, 4.69) is 27.6 Å². The van der Waals surface area contributed by atoms with E-state index in [0.717, 1.165) is 11.1 Å². The van der Waals surface area contributed by atoms with Crippen LogP contribution in [0.3, 0.4) is 0 Å².